The van der Waals surface area contributed by atoms with Crippen LogP contribution in [-0.2, 0) is 14.3 Å². The van der Waals surface area contributed by atoms with Gasteiger partial charge in [0.15, 0.2) is 12.2 Å². The van der Waals surface area contributed by atoms with E-state index in [9.17, 15) is 14.4 Å². The first-order chi connectivity index (χ1) is 18.6. The number of nitrogen functional groups attached to an aromatic ring is 1. The van der Waals surface area contributed by atoms with E-state index in [2.05, 4.69) is 15.2 Å². The highest BCUT2D eigenvalue weighted by atomic mass is 35.5. The van der Waals surface area contributed by atoms with Crippen molar-refractivity contribution in [2.24, 2.45) is 11.8 Å². The van der Waals surface area contributed by atoms with E-state index in [1.54, 1.807) is 18.3 Å². The smallest absolute Gasteiger partial charge is 0.335 e. The number of aliphatic hydroxyl groups excluding tert-OH is 2. The van der Waals surface area contributed by atoms with Crippen LogP contribution in [-0.4, -0.2) is 99.8 Å². The number of amides is 1. The lowest BCUT2D eigenvalue weighted by Crippen LogP contribution is -2.41. The lowest BCUT2D eigenvalue weighted by atomic mass is 9.94. The lowest BCUT2D eigenvalue weighted by molar-refractivity contribution is -0.165. The molecule has 0 bridgehead atoms. The first-order valence-electron chi connectivity index (χ1n) is 12.8. The van der Waals surface area contributed by atoms with E-state index < -0.39 is 24.1 Å². The van der Waals surface area contributed by atoms with Gasteiger partial charge < -0.3 is 41.1 Å². The van der Waals surface area contributed by atoms with Crippen molar-refractivity contribution in [2.75, 3.05) is 45.1 Å². The third-order valence-corrected chi connectivity index (χ3v) is 7.36. The minimum Gasteiger partial charge on any atom is -0.479 e. The number of carboxylic acids is 2. The van der Waals surface area contributed by atoms with Gasteiger partial charge in [0.25, 0.3) is 5.91 Å². The number of aliphatic hydroxyl groups is 2. The van der Waals surface area contributed by atoms with Crippen molar-refractivity contribution in [3.05, 3.63) is 35.0 Å². The number of carbonyl (C=O) groups is 3. The predicted octanol–water partition coefficient (Wildman–Crippen LogP) is 1.22. The molecule has 2 aromatic rings. The van der Waals surface area contributed by atoms with Crippen molar-refractivity contribution in [2.45, 2.75) is 37.9 Å². The maximum Gasteiger partial charge on any atom is 0.335 e. The van der Waals surface area contributed by atoms with Crippen LogP contribution in [0.5, 0.6) is 0 Å². The zero-order valence-corrected chi connectivity index (χ0v) is 22.2. The third kappa shape index (κ3) is 8.48. The topological polar surface area (TPSA) is 196 Å². The summed E-state index contributed by atoms with van der Waals surface area (Å²) in [5.74, 6) is -2.39. The largest absolute Gasteiger partial charge is 0.479 e. The van der Waals surface area contributed by atoms with E-state index in [-0.39, 0.29) is 5.91 Å². The summed E-state index contributed by atoms with van der Waals surface area (Å²) in [7, 11) is 0. The zero-order valence-electron chi connectivity index (χ0n) is 21.5. The van der Waals surface area contributed by atoms with Crippen LogP contribution in [0.2, 0.25) is 5.02 Å². The summed E-state index contributed by atoms with van der Waals surface area (Å²) in [6.07, 6.45) is 1.73. The van der Waals surface area contributed by atoms with Crippen LogP contribution in [0, 0.1) is 11.8 Å². The number of hydrogen-bond donors (Lipinski definition) is 6. The van der Waals surface area contributed by atoms with Gasteiger partial charge in [0.05, 0.1) is 21.8 Å². The summed E-state index contributed by atoms with van der Waals surface area (Å²) in [4.78, 5) is 39.3. The number of nitrogens with two attached hydrogens (primary N) is 1. The number of rotatable bonds is 8. The number of anilines is 1. The van der Waals surface area contributed by atoms with Crippen molar-refractivity contribution < 1.29 is 39.5 Å². The number of ether oxygens (including phenoxy) is 1. The summed E-state index contributed by atoms with van der Waals surface area (Å²) >= 11 is 6.24. The van der Waals surface area contributed by atoms with Gasteiger partial charge in [-0.25, -0.2) is 9.59 Å². The van der Waals surface area contributed by atoms with Crippen molar-refractivity contribution in [1.29, 1.82) is 0 Å². The van der Waals surface area contributed by atoms with E-state index in [1.165, 1.54) is 19.4 Å². The number of piperidine rings is 1. The quantitative estimate of drug-likeness (QED) is 0.251. The Morgan fingerprint density at radius 2 is 1.69 bits per heavy atom. The number of nitrogens with one attached hydrogen (secondary N) is 1. The van der Waals surface area contributed by atoms with Gasteiger partial charge in [-0.05, 0) is 68.8 Å². The summed E-state index contributed by atoms with van der Waals surface area (Å²) in [6, 6.07) is 5.26. The van der Waals surface area contributed by atoms with Gasteiger partial charge >= 0.3 is 11.9 Å². The Morgan fingerprint density at radius 3 is 2.28 bits per heavy atom. The highest BCUT2D eigenvalue weighted by Gasteiger charge is 2.29. The van der Waals surface area contributed by atoms with Crippen molar-refractivity contribution in [1.82, 2.24) is 15.2 Å². The average molecular weight is 567 g/mol. The monoisotopic (exact) mass is 566 g/mol. The molecule has 0 spiro atoms. The number of carboxylic acid groups (broad SMARTS) is 2. The standard InChI is InChI=1S/C22H29ClN4O2.C4H6O6/c23-19-12-18(21-17(20(19)24)2-1-7-25-21)22(28)26-13-15-3-8-27(9-4-15)14-16-5-10-29-11-6-16;5-1(3(7)8)2(6)4(9)10/h1-2,7,12,15-16H,3-6,8-11,13-14,24H2,(H,26,28);1-2,5-6H,(H,7,8)(H,9,10). The van der Waals surface area contributed by atoms with Crippen LogP contribution >= 0.6 is 11.6 Å². The van der Waals surface area contributed by atoms with E-state index in [0.29, 0.717) is 39.6 Å². The number of likely N-dealkylation sites (tertiary alicyclic amines) is 1. The maximum absolute atomic E-state index is 12.8. The van der Waals surface area contributed by atoms with Crippen LogP contribution in [0.4, 0.5) is 5.69 Å². The second-order valence-corrected chi connectivity index (χ2v) is 10.2. The van der Waals surface area contributed by atoms with E-state index in [1.807, 2.05) is 6.07 Å². The van der Waals surface area contributed by atoms with Crippen molar-refractivity contribution in [3.8, 4) is 0 Å². The number of nitrogens with zero attached hydrogens (tertiary/aromatic N) is 2. The molecule has 2 unspecified atom stereocenters. The first kappa shape index (κ1) is 30.5. The molecule has 2 saturated heterocycles. The molecular weight excluding hydrogens is 532 g/mol. The lowest BCUT2D eigenvalue weighted by Gasteiger charge is -2.35. The highest BCUT2D eigenvalue weighted by Crippen LogP contribution is 2.30. The molecule has 2 atom stereocenters. The number of hydrogen-bond acceptors (Lipinski definition) is 9. The Hall–Kier alpha value is -3.03. The molecule has 1 aromatic carbocycles. The summed E-state index contributed by atoms with van der Waals surface area (Å²) < 4.78 is 5.46. The Kier molecular flexibility index (Phi) is 11.3. The molecule has 13 heteroatoms. The van der Waals surface area contributed by atoms with E-state index >= 15 is 0 Å². The van der Waals surface area contributed by atoms with E-state index in [0.717, 1.165) is 45.1 Å². The first-order valence-corrected chi connectivity index (χ1v) is 13.2. The Morgan fingerprint density at radius 1 is 1.08 bits per heavy atom. The van der Waals surface area contributed by atoms with Crippen molar-refractivity contribution >= 4 is 46.0 Å². The second-order valence-electron chi connectivity index (χ2n) is 9.80. The second kappa shape index (κ2) is 14.4. The predicted molar refractivity (Wildman–Crippen MR) is 143 cm³/mol. The van der Waals surface area contributed by atoms with Gasteiger partial charge in [0.1, 0.15) is 0 Å². The SMILES string of the molecule is Nc1c(Cl)cc(C(=O)NCC2CCN(CC3CCOCC3)CC2)c2ncccc12.O=C(O)C(O)C(O)C(=O)O. The number of halogens is 1. The van der Waals surface area contributed by atoms with Gasteiger partial charge in [-0.1, -0.05) is 11.6 Å². The number of aliphatic carboxylic acids is 2. The molecule has 0 saturated carbocycles. The molecule has 3 heterocycles. The average Bonchev–Trinajstić information content (AvgIpc) is 2.94. The molecule has 1 aromatic heterocycles. The number of carbonyl (C=O) groups excluding carboxylic acids is 1. The van der Waals surface area contributed by atoms with Crippen LogP contribution in [0.3, 0.4) is 0 Å². The minimum atomic E-state index is -2.27. The summed E-state index contributed by atoms with van der Waals surface area (Å²) in [5.41, 5.74) is 7.58. The Balaban J connectivity index is 0.000000360. The van der Waals surface area contributed by atoms with Crippen LogP contribution < -0.4 is 11.1 Å². The molecule has 2 fully saturated rings. The Bertz CT molecular complexity index is 1130. The zero-order chi connectivity index (χ0) is 28.5. The molecule has 0 radical (unpaired) electrons. The summed E-state index contributed by atoms with van der Waals surface area (Å²) in [6.45, 7) is 5.90. The number of pyridine rings is 1. The molecule has 12 nitrogen and oxygen atoms in total. The fourth-order valence-corrected chi connectivity index (χ4v) is 4.89. The van der Waals surface area contributed by atoms with Crippen LogP contribution in [0.25, 0.3) is 10.9 Å². The highest BCUT2D eigenvalue weighted by molar-refractivity contribution is 6.35. The molecule has 2 aliphatic rings. The number of benzene rings is 1. The molecule has 1 amide bonds. The molecule has 4 rings (SSSR count). The third-order valence-electron chi connectivity index (χ3n) is 7.05. The van der Waals surface area contributed by atoms with Gasteiger partial charge in [-0.2, -0.15) is 0 Å². The molecule has 2 aliphatic heterocycles. The molecule has 214 valence electrons. The maximum atomic E-state index is 12.8. The Labute approximate surface area is 230 Å². The van der Waals surface area contributed by atoms with Gasteiger partial charge in [-0.3, -0.25) is 9.78 Å². The molecular formula is C26H35ClN4O8. The van der Waals surface area contributed by atoms with Crippen LogP contribution in [0.15, 0.2) is 24.4 Å². The number of fused-ring (bicyclic) bond motifs is 1. The van der Waals surface area contributed by atoms with Crippen molar-refractivity contribution in [3.63, 3.8) is 0 Å². The fraction of sp³-hybridized carbons (Fsp3) is 0.538. The fourth-order valence-electron chi connectivity index (χ4n) is 4.68. The normalized spacial score (nSPS) is 18.5. The van der Waals surface area contributed by atoms with E-state index in [4.69, 9.17) is 42.5 Å². The van der Waals surface area contributed by atoms with Crippen LogP contribution in [0.1, 0.15) is 36.0 Å². The molecule has 39 heavy (non-hydrogen) atoms. The molecule has 0 aliphatic carbocycles. The van der Waals surface area contributed by atoms with Gasteiger partial charge in [0.2, 0.25) is 0 Å². The van der Waals surface area contributed by atoms with Gasteiger partial charge in [-0.15, -0.1) is 0 Å². The minimum absolute atomic E-state index is 0.139. The van der Waals surface area contributed by atoms with Gasteiger partial charge in [0, 0.05) is 37.9 Å². The summed E-state index contributed by atoms with van der Waals surface area (Å²) in [5, 5.41) is 36.7. The number of aromatic nitrogens is 1. The molecule has 7 N–H and O–H groups in total.